The fraction of sp³-hybridized carbons (Fsp3) is 0.222. The van der Waals surface area contributed by atoms with E-state index in [9.17, 15) is 9.59 Å². The van der Waals surface area contributed by atoms with Crippen molar-refractivity contribution in [3.05, 3.63) is 71.3 Å². The van der Waals surface area contributed by atoms with E-state index in [2.05, 4.69) is 5.32 Å². The summed E-state index contributed by atoms with van der Waals surface area (Å²) in [6, 6.07) is 16.5. The molecule has 0 aliphatic rings. The minimum atomic E-state index is -0.343. The van der Waals surface area contributed by atoms with Gasteiger partial charge in [0.2, 0.25) is 0 Å². The van der Waals surface area contributed by atoms with Crippen LogP contribution in [0.25, 0.3) is 0 Å². The summed E-state index contributed by atoms with van der Waals surface area (Å²) in [7, 11) is 0. The van der Waals surface area contributed by atoms with Gasteiger partial charge < -0.3 is 15.8 Å². The molecule has 0 aliphatic heterocycles. The molecule has 0 fully saturated rings. The van der Waals surface area contributed by atoms with Crippen molar-refractivity contribution in [2.75, 3.05) is 6.54 Å². The minimum absolute atomic E-state index is 0.134. The standard InChI is InChI=1S/C18H20N2O3/c19-12-15-7-4-8-16(11-15)18(22)20-10-9-17(21)23-13-14-5-2-1-3-6-14/h1-8,11H,9-10,12-13,19H2,(H,20,22). The van der Waals surface area contributed by atoms with Gasteiger partial charge in [0, 0.05) is 18.7 Å². The molecule has 0 atom stereocenters. The molecular formula is C18H20N2O3. The lowest BCUT2D eigenvalue weighted by Gasteiger charge is -2.07. The van der Waals surface area contributed by atoms with E-state index < -0.39 is 0 Å². The highest BCUT2D eigenvalue weighted by Gasteiger charge is 2.08. The predicted molar refractivity (Wildman–Crippen MR) is 87.5 cm³/mol. The van der Waals surface area contributed by atoms with E-state index in [1.165, 1.54) is 0 Å². The topological polar surface area (TPSA) is 81.4 Å². The first kappa shape index (κ1) is 16.7. The lowest BCUT2D eigenvalue weighted by atomic mass is 10.1. The molecule has 0 heterocycles. The molecule has 0 radical (unpaired) electrons. The quantitative estimate of drug-likeness (QED) is 0.766. The highest BCUT2D eigenvalue weighted by atomic mass is 16.5. The van der Waals surface area contributed by atoms with Gasteiger partial charge in [0.05, 0.1) is 6.42 Å². The van der Waals surface area contributed by atoms with Crippen LogP contribution >= 0.6 is 0 Å². The Kier molecular flexibility index (Phi) is 6.32. The summed E-state index contributed by atoms with van der Waals surface area (Å²) in [5, 5.41) is 2.70. The molecule has 0 aromatic heterocycles. The molecule has 0 bridgehead atoms. The van der Waals surface area contributed by atoms with E-state index in [1.54, 1.807) is 18.2 Å². The van der Waals surface area contributed by atoms with E-state index >= 15 is 0 Å². The van der Waals surface area contributed by atoms with Crippen molar-refractivity contribution in [2.24, 2.45) is 5.73 Å². The Hall–Kier alpha value is -2.66. The maximum Gasteiger partial charge on any atom is 0.307 e. The van der Waals surface area contributed by atoms with E-state index in [-0.39, 0.29) is 31.4 Å². The van der Waals surface area contributed by atoms with Crippen LogP contribution in [0.5, 0.6) is 0 Å². The molecule has 5 nitrogen and oxygen atoms in total. The Morgan fingerprint density at radius 1 is 1.00 bits per heavy atom. The molecule has 2 aromatic rings. The third kappa shape index (κ3) is 5.56. The van der Waals surface area contributed by atoms with Crippen LogP contribution in [0.2, 0.25) is 0 Å². The number of carbonyl (C=O) groups is 2. The molecule has 5 heteroatoms. The molecule has 0 unspecified atom stereocenters. The number of hydrogen-bond acceptors (Lipinski definition) is 4. The van der Waals surface area contributed by atoms with Gasteiger partial charge in [-0.1, -0.05) is 42.5 Å². The second-order valence-corrected chi connectivity index (χ2v) is 5.06. The van der Waals surface area contributed by atoms with E-state index in [4.69, 9.17) is 10.5 Å². The molecule has 0 saturated heterocycles. The summed E-state index contributed by atoms with van der Waals surface area (Å²) < 4.78 is 5.15. The van der Waals surface area contributed by atoms with Gasteiger partial charge in [-0.05, 0) is 23.3 Å². The van der Waals surface area contributed by atoms with Gasteiger partial charge >= 0.3 is 5.97 Å². The molecule has 2 rings (SSSR count). The SMILES string of the molecule is NCc1cccc(C(=O)NCCC(=O)OCc2ccccc2)c1. The lowest BCUT2D eigenvalue weighted by molar-refractivity contribution is -0.144. The Morgan fingerprint density at radius 2 is 1.74 bits per heavy atom. The number of nitrogens with two attached hydrogens (primary N) is 1. The molecule has 0 aliphatic carbocycles. The van der Waals surface area contributed by atoms with E-state index in [0.717, 1.165) is 11.1 Å². The van der Waals surface area contributed by atoms with Crippen LogP contribution in [0, 0.1) is 0 Å². The van der Waals surface area contributed by atoms with Gasteiger partial charge in [-0.25, -0.2) is 0 Å². The highest BCUT2D eigenvalue weighted by molar-refractivity contribution is 5.94. The summed E-state index contributed by atoms with van der Waals surface area (Å²) in [6.45, 7) is 0.860. The van der Waals surface area contributed by atoms with Gasteiger partial charge in [-0.3, -0.25) is 9.59 Å². The number of amides is 1. The van der Waals surface area contributed by atoms with Crippen molar-refractivity contribution >= 4 is 11.9 Å². The molecular weight excluding hydrogens is 292 g/mol. The molecule has 23 heavy (non-hydrogen) atoms. The first-order chi connectivity index (χ1) is 11.2. The number of rotatable bonds is 7. The maximum atomic E-state index is 12.0. The Labute approximate surface area is 135 Å². The van der Waals surface area contributed by atoms with Crippen LogP contribution in [-0.2, 0) is 22.7 Å². The fourth-order valence-electron chi connectivity index (χ4n) is 2.03. The van der Waals surface area contributed by atoms with Crippen molar-refractivity contribution in [1.29, 1.82) is 0 Å². The summed E-state index contributed by atoms with van der Waals surface area (Å²) in [6.07, 6.45) is 0.134. The number of ether oxygens (including phenoxy) is 1. The van der Waals surface area contributed by atoms with Crippen molar-refractivity contribution in [3.8, 4) is 0 Å². The van der Waals surface area contributed by atoms with Crippen molar-refractivity contribution in [2.45, 2.75) is 19.6 Å². The summed E-state index contributed by atoms with van der Waals surface area (Å²) in [5.41, 5.74) is 7.90. The van der Waals surface area contributed by atoms with Crippen LogP contribution in [0.4, 0.5) is 0 Å². The van der Waals surface area contributed by atoms with Gasteiger partial charge in [0.15, 0.2) is 0 Å². The second kappa shape index (κ2) is 8.70. The third-order valence-electron chi connectivity index (χ3n) is 3.28. The predicted octanol–water partition coefficient (Wildman–Crippen LogP) is 2.01. The van der Waals surface area contributed by atoms with Crippen LogP contribution in [0.3, 0.4) is 0 Å². The Bertz CT molecular complexity index is 656. The van der Waals surface area contributed by atoms with E-state index in [0.29, 0.717) is 12.1 Å². The first-order valence-electron chi connectivity index (χ1n) is 7.46. The number of carbonyl (C=O) groups excluding carboxylic acids is 2. The number of hydrogen-bond donors (Lipinski definition) is 2. The van der Waals surface area contributed by atoms with Gasteiger partial charge in [-0.15, -0.1) is 0 Å². The molecule has 2 aromatic carbocycles. The summed E-state index contributed by atoms with van der Waals surface area (Å²) >= 11 is 0. The average Bonchev–Trinajstić information content (AvgIpc) is 2.60. The van der Waals surface area contributed by atoms with Gasteiger partial charge in [-0.2, -0.15) is 0 Å². The van der Waals surface area contributed by atoms with Crippen molar-refractivity contribution < 1.29 is 14.3 Å². The normalized spacial score (nSPS) is 10.1. The Morgan fingerprint density at radius 3 is 2.48 bits per heavy atom. The first-order valence-corrected chi connectivity index (χ1v) is 7.46. The van der Waals surface area contributed by atoms with Crippen molar-refractivity contribution in [1.82, 2.24) is 5.32 Å². The fourth-order valence-corrected chi connectivity index (χ4v) is 2.03. The summed E-state index contributed by atoms with van der Waals surface area (Å²) in [4.78, 5) is 23.6. The van der Waals surface area contributed by atoms with Crippen molar-refractivity contribution in [3.63, 3.8) is 0 Å². The van der Waals surface area contributed by atoms with Crippen LogP contribution in [0.15, 0.2) is 54.6 Å². The zero-order chi connectivity index (χ0) is 16.5. The molecule has 3 N–H and O–H groups in total. The van der Waals surface area contributed by atoms with Gasteiger partial charge in [0.25, 0.3) is 5.91 Å². The Balaban J connectivity index is 1.71. The third-order valence-corrected chi connectivity index (χ3v) is 3.28. The lowest BCUT2D eigenvalue weighted by Crippen LogP contribution is -2.26. The largest absolute Gasteiger partial charge is 0.461 e. The van der Waals surface area contributed by atoms with Crippen LogP contribution < -0.4 is 11.1 Å². The van der Waals surface area contributed by atoms with Crippen LogP contribution in [0.1, 0.15) is 27.9 Å². The second-order valence-electron chi connectivity index (χ2n) is 5.06. The zero-order valence-electron chi connectivity index (χ0n) is 12.8. The molecule has 0 spiro atoms. The number of nitrogens with one attached hydrogen (secondary N) is 1. The van der Waals surface area contributed by atoms with Crippen LogP contribution in [-0.4, -0.2) is 18.4 Å². The molecule has 1 amide bonds. The molecule has 0 saturated carbocycles. The molecule has 120 valence electrons. The highest BCUT2D eigenvalue weighted by Crippen LogP contribution is 2.05. The number of esters is 1. The monoisotopic (exact) mass is 312 g/mol. The maximum absolute atomic E-state index is 12.0. The average molecular weight is 312 g/mol. The van der Waals surface area contributed by atoms with E-state index in [1.807, 2.05) is 36.4 Å². The summed E-state index contributed by atoms with van der Waals surface area (Å²) in [5.74, 6) is -0.568. The number of benzene rings is 2. The minimum Gasteiger partial charge on any atom is -0.461 e. The van der Waals surface area contributed by atoms with Gasteiger partial charge in [0.1, 0.15) is 6.61 Å². The smallest absolute Gasteiger partial charge is 0.307 e. The zero-order valence-corrected chi connectivity index (χ0v) is 12.8.